The number of carbonyl (C=O) groups excluding carboxylic acids is 2. The van der Waals surface area contributed by atoms with Gasteiger partial charge in [-0.25, -0.2) is 9.59 Å². The van der Waals surface area contributed by atoms with Crippen molar-refractivity contribution in [3.63, 3.8) is 0 Å². The highest BCUT2D eigenvalue weighted by atomic mass is 32.2. The number of hydrogen-bond acceptors (Lipinski definition) is 4. The van der Waals surface area contributed by atoms with Crippen LogP contribution in [0.4, 0.5) is 4.79 Å². The van der Waals surface area contributed by atoms with Crippen molar-refractivity contribution < 1.29 is 19.5 Å². The Morgan fingerprint density at radius 2 is 2.09 bits per heavy atom. The van der Waals surface area contributed by atoms with Gasteiger partial charge in [-0.3, -0.25) is 4.79 Å². The fourth-order valence-electron chi connectivity index (χ4n) is 3.03. The van der Waals surface area contributed by atoms with Gasteiger partial charge in [-0.1, -0.05) is 20.3 Å². The number of unbranched alkanes of at least 4 members (excludes halogenated alkanes) is 1. The molecule has 2 aliphatic rings. The molecule has 0 spiro atoms. The standard InChI is InChI=1S/C15H25N3O4S/c1-8(2)12(14(20)21)17-11(19)6-4-3-5-10-13-9(7-23-10)16-15(22)18-13/h8-10,12-13H,3-7H2,1-2H3,(H,17,19)(H,20,21)(H2,16,18,22)/t9?,10?,12-,13?/m1/s1. The maximum Gasteiger partial charge on any atom is 0.326 e. The van der Waals surface area contributed by atoms with Crippen LogP contribution in [0.1, 0.15) is 39.5 Å². The summed E-state index contributed by atoms with van der Waals surface area (Å²) in [6, 6.07) is -0.492. The third-order valence-corrected chi connectivity index (χ3v) is 5.84. The number of carboxylic acids is 1. The minimum atomic E-state index is -0.994. The first-order valence-electron chi connectivity index (χ1n) is 8.09. The summed E-state index contributed by atoms with van der Waals surface area (Å²) in [6.07, 6.45) is 2.91. The Balaban J connectivity index is 1.64. The summed E-state index contributed by atoms with van der Waals surface area (Å²) in [4.78, 5) is 34.2. The number of nitrogens with one attached hydrogen (secondary N) is 3. The minimum absolute atomic E-state index is 0.0851. The molecule has 0 radical (unpaired) electrons. The largest absolute Gasteiger partial charge is 0.480 e. The van der Waals surface area contributed by atoms with E-state index in [1.54, 1.807) is 13.8 Å². The topological polar surface area (TPSA) is 108 Å². The van der Waals surface area contributed by atoms with Gasteiger partial charge in [0, 0.05) is 17.4 Å². The van der Waals surface area contributed by atoms with E-state index in [4.69, 9.17) is 5.11 Å². The van der Waals surface area contributed by atoms with E-state index in [0.717, 1.165) is 25.0 Å². The van der Waals surface area contributed by atoms with Gasteiger partial charge < -0.3 is 21.1 Å². The lowest BCUT2D eigenvalue weighted by atomic mass is 10.0. The molecule has 0 saturated carbocycles. The summed E-state index contributed by atoms with van der Waals surface area (Å²) in [6.45, 7) is 3.55. The summed E-state index contributed by atoms with van der Waals surface area (Å²) in [5, 5.41) is 17.9. The lowest BCUT2D eigenvalue weighted by molar-refractivity contribution is -0.143. The van der Waals surface area contributed by atoms with Gasteiger partial charge >= 0.3 is 12.0 Å². The Morgan fingerprint density at radius 3 is 2.74 bits per heavy atom. The smallest absolute Gasteiger partial charge is 0.326 e. The first-order valence-corrected chi connectivity index (χ1v) is 9.14. The predicted molar refractivity (Wildman–Crippen MR) is 88.4 cm³/mol. The maximum absolute atomic E-state index is 11.8. The van der Waals surface area contributed by atoms with Crippen molar-refractivity contribution >= 4 is 29.7 Å². The second kappa shape index (κ2) is 7.90. The summed E-state index contributed by atoms with van der Waals surface area (Å²) in [7, 11) is 0. The number of urea groups is 1. The first kappa shape index (κ1) is 17.9. The predicted octanol–water partition coefficient (Wildman–Crippen LogP) is 0.938. The number of rotatable bonds is 8. The Bertz CT molecular complexity index is 472. The average Bonchev–Trinajstić information content (AvgIpc) is 3.00. The van der Waals surface area contributed by atoms with Crippen LogP contribution in [0.2, 0.25) is 0 Å². The molecule has 0 aromatic heterocycles. The highest BCUT2D eigenvalue weighted by molar-refractivity contribution is 8.00. The number of aliphatic carboxylic acids is 1. The van der Waals surface area contributed by atoms with Crippen molar-refractivity contribution in [1.82, 2.24) is 16.0 Å². The fraction of sp³-hybridized carbons (Fsp3) is 0.800. The molecule has 7 nitrogen and oxygen atoms in total. The molecule has 0 bridgehead atoms. The molecule has 23 heavy (non-hydrogen) atoms. The van der Waals surface area contributed by atoms with Crippen LogP contribution in [-0.4, -0.2) is 52.1 Å². The Kier molecular flexibility index (Phi) is 6.15. The Hall–Kier alpha value is -1.44. The van der Waals surface area contributed by atoms with Gasteiger partial charge in [0.2, 0.25) is 5.91 Å². The molecule has 0 aromatic carbocycles. The quantitative estimate of drug-likeness (QED) is 0.387. The monoisotopic (exact) mass is 343 g/mol. The molecule has 2 aliphatic heterocycles. The minimum Gasteiger partial charge on any atom is -0.480 e. The average molecular weight is 343 g/mol. The number of amides is 3. The molecule has 130 valence electrons. The van der Waals surface area contributed by atoms with Crippen molar-refractivity contribution in [3.05, 3.63) is 0 Å². The zero-order valence-electron chi connectivity index (χ0n) is 13.5. The molecule has 2 rings (SSSR count). The summed E-state index contributed by atoms with van der Waals surface area (Å²) >= 11 is 1.86. The van der Waals surface area contributed by atoms with Crippen LogP contribution in [-0.2, 0) is 9.59 Å². The van der Waals surface area contributed by atoms with Gasteiger partial charge in [-0.05, 0) is 18.8 Å². The molecule has 2 fully saturated rings. The van der Waals surface area contributed by atoms with Crippen LogP contribution in [0.3, 0.4) is 0 Å². The van der Waals surface area contributed by atoms with Crippen molar-refractivity contribution in [1.29, 1.82) is 0 Å². The zero-order chi connectivity index (χ0) is 17.0. The van der Waals surface area contributed by atoms with E-state index in [2.05, 4.69) is 16.0 Å². The highest BCUT2D eigenvalue weighted by Crippen LogP contribution is 2.33. The number of thioether (sulfide) groups is 1. The Morgan fingerprint density at radius 1 is 1.35 bits per heavy atom. The van der Waals surface area contributed by atoms with E-state index in [1.807, 2.05) is 11.8 Å². The zero-order valence-corrected chi connectivity index (χ0v) is 14.3. The van der Waals surface area contributed by atoms with Gasteiger partial charge in [-0.15, -0.1) is 0 Å². The number of carboxylic acid groups (broad SMARTS) is 1. The van der Waals surface area contributed by atoms with E-state index in [9.17, 15) is 14.4 Å². The SMILES string of the molecule is CC(C)[C@@H](NC(=O)CCCCC1SCC2NC(=O)NC21)C(=O)O. The Labute approximate surface area is 140 Å². The third-order valence-electron chi connectivity index (χ3n) is 4.33. The van der Waals surface area contributed by atoms with Crippen molar-refractivity contribution in [3.8, 4) is 0 Å². The molecule has 0 aliphatic carbocycles. The van der Waals surface area contributed by atoms with E-state index in [-0.39, 0.29) is 29.9 Å². The van der Waals surface area contributed by atoms with Gasteiger partial charge in [0.1, 0.15) is 6.04 Å². The van der Waals surface area contributed by atoms with Crippen LogP contribution >= 0.6 is 11.8 Å². The summed E-state index contributed by atoms with van der Waals surface area (Å²) in [5.41, 5.74) is 0. The van der Waals surface area contributed by atoms with E-state index >= 15 is 0 Å². The number of fused-ring (bicyclic) bond motifs is 1. The van der Waals surface area contributed by atoms with Crippen LogP contribution < -0.4 is 16.0 Å². The van der Waals surface area contributed by atoms with E-state index in [1.165, 1.54) is 0 Å². The van der Waals surface area contributed by atoms with Crippen LogP contribution in [0, 0.1) is 5.92 Å². The van der Waals surface area contributed by atoms with E-state index in [0.29, 0.717) is 11.7 Å². The summed E-state index contributed by atoms with van der Waals surface area (Å²) in [5.74, 6) is -0.407. The molecule has 3 unspecified atom stereocenters. The second-order valence-electron chi connectivity index (χ2n) is 6.50. The number of hydrogen-bond donors (Lipinski definition) is 4. The second-order valence-corrected chi connectivity index (χ2v) is 7.77. The van der Waals surface area contributed by atoms with Crippen LogP contribution in [0.5, 0.6) is 0 Å². The van der Waals surface area contributed by atoms with Crippen LogP contribution in [0.15, 0.2) is 0 Å². The molecular formula is C15H25N3O4S. The van der Waals surface area contributed by atoms with Gasteiger partial charge in [0.05, 0.1) is 12.1 Å². The maximum atomic E-state index is 11.8. The molecule has 2 saturated heterocycles. The van der Waals surface area contributed by atoms with Gasteiger partial charge in [0.25, 0.3) is 0 Å². The van der Waals surface area contributed by atoms with E-state index < -0.39 is 12.0 Å². The van der Waals surface area contributed by atoms with Crippen LogP contribution in [0.25, 0.3) is 0 Å². The fourth-order valence-corrected chi connectivity index (χ4v) is 4.58. The summed E-state index contributed by atoms with van der Waals surface area (Å²) < 4.78 is 0. The first-order chi connectivity index (χ1) is 10.9. The molecular weight excluding hydrogens is 318 g/mol. The van der Waals surface area contributed by atoms with Gasteiger partial charge in [0.15, 0.2) is 0 Å². The highest BCUT2D eigenvalue weighted by Gasteiger charge is 2.42. The molecule has 4 N–H and O–H groups in total. The van der Waals surface area contributed by atoms with Gasteiger partial charge in [-0.2, -0.15) is 11.8 Å². The normalized spacial score (nSPS) is 27.3. The van der Waals surface area contributed by atoms with Crippen molar-refractivity contribution in [2.24, 2.45) is 5.92 Å². The molecule has 2 heterocycles. The third kappa shape index (κ3) is 4.76. The molecule has 3 amide bonds. The van der Waals surface area contributed by atoms with Crippen molar-refractivity contribution in [2.75, 3.05) is 5.75 Å². The lowest BCUT2D eigenvalue weighted by Gasteiger charge is -2.18. The molecule has 4 atom stereocenters. The van der Waals surface area contributed by atoms with Crippen molar-refractivity contribution in [2.45, 2.75) is 62.9 Å². The number of carbonyl (C=O) groups is 3. The molecule has 8 heteroatoms. The lowest BCUT2D eigenvalue weighted by Crippen LogP contribution is -2.44. The molecule has 0 aromatic rings.